The molecule has 4 rings (SSSR count). The van der Waals surface area contributed by atoms with Crippen LogP contribution in [0.3, 0.4) is 0 Å². The van der Waals surface area contributed by atoms with Crippen molar-refractivity contribution in [1.82, 2.24) is 9.97 Å². The summed E-state index contributed by atoms with van der Waals surface area (Å²) < 4.78 is 0. The maximum atomic E-state index is 13.3. The van der Waals surface area contributed by atoms with E-state index >= 15 is 0 Å². The Morgan fingerprint density at radius 2 is 2.13 bits per heavy atom. The third-order valence-electron chi connectivity index (χ3n) is 8.24. The molecule has 3 aliphatic carbocycles. The molecule has 5 atom stereocenters. The Kier molecular flexibility index (Phi) is 5.63. The number of hydrogen-bond acceptors (Lipinski definition) is 5. The molecule has 0 aromatic carbocycles. The number of rotatable bonds is 5. The Balaban J connectivity index is 1.59. The van der Waals surface area contributed by atoms with Crippen molar-refractivity contribution in [3.05, 3.63) is 42.4 Å². The first kappa shape index (κ1) is 21.9. The lowest BCUT2D eigenvalue weighted by atomic mass is 9.49. The first-order valence-electron chi connectivity index (χ1n) is 11.5. The lowest BCUT2D eigenvalue weighted by molar-refractivity contribution is -0.161. The zero-order valence-corrected chi connectivity index (χ0v) is 18.7. The summed E-state index contributed by atoms with van der Waals surface area (Å²) in [5, 5.41) is 14.6. The molecule has 1 aromatic rings. The highest BCUT2D eigenvalue weighted by Crippen LogP contribution is 2.60. The van der Waals surface area contributed by atoms with E-state index in [0.717, 1.165) is 32.1 Å². The Morgan fingerprint density at radius 1 is 1.32 bits per heavy atom. The van der Waals surface area contributed by atoms with E-state index in [-0.39, 0.29) is 17.1 Å². The molecule has 4 unspecified atom stereocenters. The number of nitrogens with one attached hydrogen (secondary N) is 1. The summed E-state index contributed by atoms with van der Waals surface area (Å²) in [5.41, 5.74) is -0.848. The summed E-state index contributed by atoms with van der Waals surface area (Å²) in [6.45, 7) is 6.32. The number of nitrogens with zero attached hydrogens (tertiary/aromatic N) is 2. The number of aliphatic hydroxyl groups is 1. The Hall–Kier alpha value is -2.34. The minimum atomic E-state index is -1.47. The van der Waals surface area contributed by atoms with Gasteiger partial charge in [-0.15, -0.1) is 0 Å². The van der Waals surface area contributed by atoms with Crippen LogP contribution in [0.15, 0.2) is 42.4 Å². The third-order valence-corrected chi connectivity index (χ3v) is 8.24. The fraction of sp³-hybridized carbons (Fsp3) is 0.600. The van der Waals surface area contributed by atoms with Gasteiger partial charge >= 0.3 is 0 Å². The predicted octanol–water partition coefficient (Wildman–Crippen LogP) is 4.23. The lowest BCUT2D eigenvalue weighted by Crippen LogP contribution is -2.59. The predicted molar refractivity (Wildman–Crippen MR) is 119 cm³/mol. The molecule has 1 heterocycles. The summed E-state index contributed by atoms with van der Waals surface area (Å²) in [6, 6.07) is 0. The number of aromatic nitrogens is 2. The maximum Gasteiger partial charge on any atom is 0.258 e. The van der Waals surface area contributed by atoms with Crippen molar-refractivity contribution in [3.63, 3.8) is 0 Å². The molecule has 2 N–H and O–H groups in total. The van der Waals surface area contributed by atoms with Gasteiger partial charge in [0.05, 0.1) is 6.20 Å². The highest BCUT2D eigenvalue weighted by molar-refractivity contribution is 6.01. The summed E-state index contributed by atoms with van der Waals surface area (Å²) in [5.74, 6) is 0.896. The molecule has 31 heavy (non-hydrogen) atoms. The molecular formula is C25H33N3O3. The minimum absolute atomic E-state index is 0.0876. The van der Waals surface area contributed by atoms with E-state index in [9.17, 15) is 14.7 Å². The van der Waals surface area contributed by atoms with Crippen molar-refractivity contribution in [3.8, 4) is 0 Å². The number of carbonyl (C=O) groups is 2. The second-order valence-corrected chi connectivity index (χ2v) is 10.1. The highest BCUT2D eigenvalue weighted by Gasteiger charge is 2.58. The summed E-state index contributed by atoms with van der Waals surface area (Å²) in [6.07, 6.45) is 15.7. The van der Waals surface area contributed by atoms with Gasteiger partial charge in [0.1, 0.15) is 5.60 Å². The van der Waals surface area contributed by atoms with Gasteiger partial charge in [-0.1, -0.05) is 38.8 Å². The Morgan fingerprint density at radius 3 is 2.84 bits per heavy atom. The number of fused-ring (bicyclic) bond motifs is 3. The van der Waals surface area contributed by atoms with Gasteiger partial charge in [0.2, 0.25) is 0 Å². The van der Waals surface area contributed by atoms with Crippen LogP contribution in [0.25, 0.3) is 0 Å². The van der Waals surface area contributed by atoms with Crippen molar-refractivity contribution >= 4 is 17.5 Å². The van der Waals surface area contributed by atoms with E-state index in [0.29, 0.717) is 30.5 Å². The van der Waals surface area contributed by atoms with E-state index in [1.165, 1.54) is 18.0 Å². The molecule has 2 saturated carbocycles. The van der Waals surface area contributed by atoms with Crippen LogP contribution in [0.2, 0.25) is 0 Å². The van der Waals surface area contributed by atoms with Gasteiger partial charge in [0.15, 0.2) is 11.6 Å². The van der Waals surface area contributed by atoms with Gasteiger partial charge in [0.25, 0.3) is 5.91 Å². The average molecular weight is 424 g/mol. The zero-order chi connectivity index (χ0) is 22.3. The Bertz CT molecular complexity index is 927. The lowest BCUT2D eigenvalue weighted by Gasteiger charge is -2.56. The van der Waals surface area contributed by atoms with Gasteiger partial charge in [0, 0.05) is 23.2 Å². The van der Waals surface area contributed by atoms with Crippen LogP contribution in [0.1, 0.15) is 65.7 Å². The zero-order valence-electron chi connectivity index (χ0n) is 18.7. The van der Waals surface area contributed by atoms with Gasteiger partial charge < -0.3 is 10.4 Å². The molecule has 3 aliphatic rings. The normalized spacial score (nSPS) is 34.2. The van der Waals surface area contributed by atoms with Crippen molar-refractivity contribution < 1.29 is 14.7 Å². The Labute approximate surface area is 184 Å². The molecular weight excluding hydrogens is 390 g/mol. The first-order valence-corrected chi connectivity index (χ1v) is 11.5. The quantitative estimate of drug-likeness (QED) is 0.739. The van der Waals surface area contributed by atoms with Crippen LogP contribution in [0.5, 0.6) is 0 Å². The molecule has 6 heteroatoms. The monoisotopic (exact) mass is 423 g/mol. The van der Waals surface area contributed by atoms with Crippen LogP contribution < -0.4 is 5.32 Å². The van der Waals surface area contributed by atoms with Crippen molar-refractivity contribution in [2.75, 3.05) is 5.32 Å². The second kappa shape index (κ2) is 7.97. The SMILES string of the molecule is CCC[C@](O)(C(=O)Nc1cnccn1)C1(C)CCC2C(CCC3=CC(=O)C=CC32C)C1. The summed E-state index contributed by atoms with van der Waals surface area (Å²) in [4.78, 5) is 33.4. The summed E-state index contributed by atoms with van der Waals surface area (Å²) in [7, 11) is 0. The van der Waals surface area contributed by atoms with Crippen LogP contribution in [0, 0.1) is 22.7 Å². The molecule has 0 bridgehead atoms. The van der Waals surface area contributed by atoms with Gasteiger partial charge in [-0.2, -0.15) is 0 Å². The smallest absolute Gasteiger partial charge is 0.258 e. The fourth-order valence-corrected chi connectivity index (χ4v) is 6.42. The number of hydrogen-bond donors (Lipinski definition) is 2. The molecule has 166 valence electrons. The van der Waals surface area contributed by atoms with Crippen molar-refractivity contribution in [2.24, 2.45) is 22.7 Å². The van der Waals surface area contributed by atoms with Crippen LogP contribution in [0.4, 0.5) is 5.82 Å². The standard InChI is InChI=1S/C25H33N3O3/c1-4-9-25(31,22(30)28-21-16-26-12-13-27-21)23(2)10-8-20-17(15-23)5-6-18-14-19(29)7-11-24(18,20)3/h7,11-14,16-17,20,31H,4-6,8-10,15H2,1-3H3,(H,27,28,30)/t17?,20?,23?,24?,25-/m0/s1. The second-order valence-electron chi connectivity index (χ2n) is 10.1. The molecule has 0 saturated heterocycles. The molecule has 1 aromatic heterocycles. The van der Waals surface area contributed by atoms with Crippen molar-refractivity contribution in [2.45, 2.75) is 71.3 Å². The molecule has 6 nitrogen and oxygen atoms in total. The van der Waals surface area contributed by atoms with E-state index in [2.05, 4.69) is 35.2 Å². The van der Waals surface area contributed by atoms with Gasteiger partial charge in [-0.05, 0) is 62.5 Å². The van der Waals surface area contributed by atoms with E-state index in [1.807, 2.05) is 13.0 Å². The molecule has 0 spiro atoms. The fourth-order valence-electron chi connectivity index (χ4n) is 6.42. The third kappa shape index (κ3) is 3.65. The van der Waals surface area contributed by atoms with Crippen LogP contribution in [-0.4, -0.2) is 32.4 Å². The van der Waals surface area contributed by atoms with E-state index < -0.39 is 11.0 Å². The van der Waals surface area contributed by atoms with E-state index in [1.54, 1.807) is 12.3 Å². The van der Waals surface area contributed by atoms with Crippen molar-refractivity contribution in [1.29, 1.82) is 0 Å². The van der Waals surface area contributed by atoms with Crippen LogP contribution >= 0.6 is 0 Å². The average Bonchev–Trinajstić information content (AvgIpc) is 2.75. The molecule has 2 fully saturated rings. The number of ketones is 1. The molecule has 1 amide bonds. The largest absolute Gasteiger partial charge is 0.379 e. The van der Waals surface area contributed by atoms with Crippen LogP contribution in [-0.2, 0) is 9.59 Å². The van der Waals surface area contributed by atoms with E-state index in [4.69, 9.17) is 0 Å². The maximum absolute atomic E-state index is 13.3. The highest BCUT2D eigenvalue weighted by atomic mass is 16.3. The first-order chi connectivity index (χ1) is 14.7. The molecule has 0 radical (unpaired) electrons. The number of carbonyl (C=O) groups excluding carboxylic acids is 2. The number of allylic oxidation sites excluding steroid dienone is 4. The minimum Gasteiger partial charge on any atom is -0.379 e. The van der Waals surface area contributed by atoms with Gasteiger partial charge in [-0.25, -0.2) is 4.98 Å². The topological polar surface area (TPSA) is 92.2 Å². The number of amides is 1. The molecule has 0 aliphatic heterocycles. The number of anilines is 1. The summed E-state index contributed by atoms with van der Waals surface area (Å²) >= 11 is 0. The van der Waals surface area contributed by atoms with Gasteiger partial charge in [-0.3, -0.25) is 14.6 Å².